The van der Waals surface area contributed by atoms with E-state index in [1.54, 1.807) is 0 Å². The van der Waals surface area contributed by atoms with E-state index in [-0.39, 0.29) is 5.91 Å². The molecule has 0 N–H and O–H groups in total. The van der Waals surface area contributed by atoms with Crippen LogP contribution >= 0.6 is 0 Å². The Morgan fingerprint density at radius 2 is 1.85 bits per heavy atom. The number of nitrogens with zero attached hydrogens (tertiary/aromatic N) is 5. The van der Waals surface area contributed by atoms with Crippen LogP contribution in [0.2, 0.25) is 0 Å². The lowest BCUT2D eigenvalue weighted by atomic mass is 10.1. The minimum atomic E-state index is 0.0513. The molecule has 1 aliphatic rings. The molecule has 0 radical (unpaired) electrons. The summed E-state index contributed by atoms with van der Waals surface area (Å²) < 4.78 is 7.27. The minimum absolute atomic E-state index is 0.0513. The van der Waals surface area contributed by atoms with Gasteiger partial charge in [-0.3, -0.25) is 4.79 Å². The summed E-state index contributed by atoms with van der Waals surface area (Å²) in [4.78, 5) is 21.5. The summed E-state index contributed by atoms with van der Waals surface area (Å²) in [5, 5.41) is 4.07. The van der Waals surface area contributed by atoms with Crippen molar-refractivity contribution >= 4 is 5.91 Å². The Labute approximate surface area is 158 Å². The Hall–Kier alpha value is -2.93. The zero-order valence-corrected chi connectivity index (χ0v) is 15.6. The van der Waals surface area contributed by atoms with E-state index in [1.165, 1.54) is 5.56 Å². The SMILES string of the molecule is Cc1ccc(-c2nc(Cn3cccc3C(=O)N3CCN(C)CC3)no2)cc1. The molecule has 3 heterocycles. The van der Waals surface area contributed by atoms with Crippen LogP contribution in [0.4, 0.5) is 0 Å². The molecule has 4 rings (SSSR count). The van der Waals surface area contributed by atoms with Crippen molar-refractivity contribution in [3.8, 4) is 11.5 Å². The van der Waals surface area contributed by atoms with Gasteiger partial charge in [0.25, 0.3) is 11.8 Å². The molecule has 3 aromatic rings. The average Bonchev–Trinajstić information content (AvgIpc) is 3.32. The van der Waals surface area contributed by atoms with Gasteiger partial charge in [-0.1, -0.05) is 22.9 Å². The second-order valence-corrected chi connectivity index (χ2v) is 7.00. The van der Waals surface area contributed by atoms with Gasteiger partial charge in [0.1, 0.15) is 5.69 Å². The third-order valence-electron chi connectivity index (χ3n) is 4.92. The minimum Gasteiger partial charge on any atom is -0.336 e. The number of carbonyl (C=O) groups excluding carboxylic acids is 1. The fourth-order valence-corrected chi connectivity index (χ4v) is 3.20. The largest absolute Gasteiger partial charge is 0.336 e. The molecule has 140 valence electrons. The van der Waals surface area contributed by atoms with Crippen LogP contribution in [0, 0.1) is 6.92 Å². The van der Waals surface area contributed by atoms with Crippen LogP contribution in [0.1, 0.15) is 21.9 Å². The molecule has 1 aliphatic heterocycles. The van der Waals surface area contributed by atoms with Crippen molar-refractivity contribution in [1.82, 2.24) is 24.5 Å². The van der Waals surface area contributed by atoms with Crippen LogP contribution in [0.15, 0.2) is 47.1 Å². The molecule has 1 fully saturated rings. The third-order valence-corrected chi connectivity index (χ3v) is 4.92. The van der Waals surface area contributed by atoms with E-state index in [0.29, 0.717) is 24.0 Å². The maximum atomic E-state index is 12.9. The predicted molar refractivity (Wildman–Crippen MR) is 101 cm³/mol. The molecular formula is C20H23N5O2. The third kappa shape index (κ3) is 3.78. The average molecular weight is 365 g/mol. The highest BCUT2D eigenvalue weighted by molar-refractivity contribution is 5.92. The van der Waals surface area contributed by atoms with Crippen molar-refractivity contribution in [2.45, 2.75) is 13.5 Å². The molecule has 1 saturated heterocycles. The standard InChI is InChI=1S/C20H23N5O2/c1-15-5-7-16(8-6-15)19-21-18(22-27-19)14-25-9-3-4-17(25)20(26)24-12-10-23(2)11-13-24/h3-9H,10-14H2,1-2H3. The van der Waals surface area contributed by atoms with Gasteiger partial charge in [0, 0.05) is 37.9 Å². The predicted octanol–water partition coefficient (Wildman–Crippen LogP) is 2.28. The first-order chi connectivity index (χ1) is 13.1. The molecule has 1 aromatic carbocycles. The molecule has 0 aliphatic carbocycles. The number of hydrogen-bond donors (Lipinski definition) is 0. The highest BCUT2D eigenvalue weighted by atomic mass is 16.5. The van der Waals surface area contributed by atoms with Crippen LogP contribution in [-0.2, 0) is 6.54 Å². The van der Waals surface area contributed by atoms with Crippen LogP contribution in [0.25, 0.3) is 11.5 Å². The topological polar surface area (TPSA) is 67.4 Å². The lowest BCUT2D eigenvalue weighted by molar-refractivity contribution is 0.0653. The molecule has 7 heteroatoms. The number of benzene rings is 1. The number of rotatable bonds is 4. The van der Waals surface area contributed by atoms with Gasteiger partial charge in [-0.15, -0.1) is 0 Å². The van der Waals surface area contributed by atoms with Gasteiger partial charge in [0.2, 0.25) is 0 Å². The first-order valence-corrected chi connectivity index (χ1v) is 9.13. The summed E-state index contributed by atoms with van der Waals surface area (Å²) in [5.74, 6) is 1.09. The van der Waals surface area contributed by atoms with Crippen molar-refractivity contribution < 1.29 is 9.32 Å². The number of likely N-dealkylation sites (N-methyl/N-ethyl adjacent to an activating group) is 1. The molecule has 0 atom stereocenters. The van der Waals surface area contributed by atoms with Crippen molar-refractivity contribution in [2.75, 3.05) is 33.2 Å². The first-order valence-electron chi connectivity index (χ1n) is 9.13. The monoisotopic (exact) mass is 365 g/mol. The first kappa shape index (κ1) is 17.5. The summed E-state index contributed by atoms with van der Waals surface area (Å²) in [6.45, 7) is 5.74. The molecule has 0 spiro atoms. The molecule has 0 bridgehead atoms. The van der Waals surface area contributed by atoms with E-state index < -0.39 is 0 Å². The van der Waals surface area contributed by atoms with E-state index >= 15 is 0 Å². The smallest absolute Gasteiger partial charge is 0.270 e. The quantitative estimate of drug-likeness (QED) is 0.710. The van der Waals surface area contributed by atoms with Gasteiger partial charge >= 0.3 is 0 Å². The maximum absolute atomic E-state index is 12.9. The fourth-order valence-electron chi connectivity index (χ4n) is 3.20. The number of piperazine rings is 1. The lowest BCUT2D eigenvalue weighted by Gasteiger charge is -2.32. The van der Waals surface area contributed by atoms with E-state index in [2.05, 4.69) is 22.1 Å². The molecule has 0 unspecified atom stereocenters. The number of aromatic nitrogens is 3. The lowest BCUT2D eigenvalue weighted by Crippen LogP contribution is -2.47. The zero-order chi connectivity index (χ0) is 18.8. The Kier molecular flexibility index (Phi) is 4.77. The highest BCUT2D eigenvalue weighted by Crippen LogP contribution is 2.18. The number of aryl methyl sites for hydroxylation is 1. The zero-order valence-electron chi connectivity index (χ0n) is 15.6. The van der Waals surface area contributed by atoms with Gasteiger partial charge < -0.3 is 18.9 Å². The molecular weight excluding hydrogens is 342 g/mol. The van der Waals surface area contributed by atoms with Gasteiger partial charge in [-0.05, 0) is 38.2 Å². The Bertz CT molecular complexity index is 920. The van der Waals surface area contributed by atoms with Crippen LogP contribution in [0.5, 0.6) is 0 Å². The summed E-state index contributed by atoms with van der Waals surface area (Å²) in [6.07, 6.45) is 1.88. The Morgan fingerprint density at radius 3 is 2.59 bits per heavy atom. The van der Waals surface area contributed by atoms with Crippen molar-refractivity contribution in [3.05, 3.63) is 59.7 Å². The molecule has 27 heavy (non-hydrogen) atoms. The van der Waals surface area contributed by atoms with Gasteiger partial charge in [-0.2, -0.15) is 4.98 Å². The van der Waals surface area contributed by atoms with Crippen LogP contribution < -0.4 is 0 Å². The maximum Gasteiger partial charge on any atom is 0.270 e. The molecule has 0 saturated carbocycles. The highest BCUT2D eigenvalue weighted by Gasteiger charge is 2.23. The second-order valence-electron chi connectivity index (χ2n) is 7.00. The van der Waals surface area contributed by atoms with Gasteiger partial charge in [0.05, 0.1) is 6.54 Å². The summed E-state index contributed by atoms with van der Waals surface area (Å²) in [5.41, 5.74) is 2.72. The van der Waals surface area contributed by atoms with E-state index in [4.69, 9.17) is 4.52 Å². The van der Waals surface area contributed by atoms with Gasteiger partial charge in [0.15, 0.2) is 5.82 Å². The van der Waals surface area contributed by atoms with Crippen LogP contribution in [0.3, 0.4) is 0 Å². The summed E-state index contributed by atoms with van der Waals surface area (Å²) >= 11 is 0. The van der Waals surface area contributed by atoms with Gasteiger partial charge in [-0.25, -0.2) is 0 Å². The number of hydrogen-bond acceptors (Lipinski definition) is 5. The van der Waals surface area contributed by atoms with Crippen molar-refractivity contribution in [3.63, 3.8) is 0 Å². The van der Waals surface area contributed by atoms with Crippen molar-refractivity contribution in [2.24, 2.45) is 0 Å². The van der Waals surface area contributed by atoms with E-state index in [9.17, 15) is 4.79 Å². The fraction of sp³-hybridized carbons (Fsp3) is 0.350. The second kappa shape index (κ2) is 7.36. The Balaban J connectivity index is 1.49. The van der Waals surface area contributed by atoms with Crippen LogP contribution in [-0.4, -0.2) is 63.6 Å². The number of carbonyl (C=O) groups is 1. The summed E-state index contributed by atoms with van der Waals surface area (Å²) in [6, 6.07) is 11.7. The molecule has 1 amide bonds. The molecule has 7 nitrogen and oxygen atoms in total. The normalized spacial score (nSPS) is 15.3. The van der Waals surface area contributed by atoms with E-state index in [1.807, 2.05) is 59.0 Å². The van der Waals surface area contributed by atoms with Crippen molar-refractivity contribution in [1.29, 1.82) is 0 Å². The molecule has 2 aromatic heterocycles. The van der Waals surface area contributed by atoms with E-state index in [0.717, 1.165) is 31.7 Å². The number of amides is 1. The summed E-state index contributed by atoms with van der Waals surface area (Å²) in [7, 11) is 2.08. The Morgan fingerprint density at radius 1 is 1.11 bits per heavy atom.